The molecule has 0 saturated heterocycles. The van der Waals surface area contributed by atoms with Gasteiger partial charge in [0.05, 0.1) is 0 Å². The number of carbonyl (C=O) groups excluding carboxylic acids is 2. The molecule has 0 bridgehead atoms. The van der Waals surface area contributed by atoms with Crippen LogP contribution in [0, 0.1) is 0 Å². The molecule has 0 aliphatic carbocycles. The molecule has 7 heteroatoms. The van der Waals surface area contributed by atoms with E-state index < -0.39 is 11.9 Å². The van der Waals surface area contributed by atoms with Gasteiger partial charge in [0.15, 0.2) is 0 Å². The van der Waals surface area contributed by atoms with Gasteiger partial charge in [-0.15, -0.1) is 0 Å². The summed E-state index contributed by atoms with van der Waals surface area (Å²) in [5, 5.41) is 0. The topological polar surface area (TPSA) is 52.6 Å². The molecule has 2 aromatic carbocycles. The highest BCUT2D eigenvalue weighted by Crippen LogP contribution is 2.33. The fourth-order valence-corrected chi connectivity index (χ4v) is 4.62. The largest absolute Gasteiger partial charge is 0.448 e. The highest BCUT2D eigenvalue weighted by atomic mass is 32.2. The van der Waals surface area contributed by atoms with Crippen LogP contribution in [0.25, 0.3) is 0 Å². The second-order valence-electron chi connectivity index (χ2n) is 5.70. The average Bonchev–Trinajstić information content (AvgIpc) is 2.70. The van der Waals surface area contributed by atoms with Crippen molar-refractivity contribution in [2.24, 2.45) is 0 Å². The average molecular weight is 447 g/mol. The summed E-state index contributed by atoms with van der Waals surface area (Å²) < 4.78 is 10.3. The van der Waals surface area contributed by atoms with Gasteiger partial charge in [-0.25, -0.2) is 9.59 Å². The van der Waals surface area contributed by atoms with E-state index in [1.165, 1.54) is 23.5 Å². The number of esters is 2. The SMILES string of the molecule is C=CC(=O)OC(C)Sc1ccc(Sc2ccc(SC(C)OC(=O)C=C)cc2)cc1. The van der Waals surface area contributed by atoms with Crippen LogP contribution in [0.5, 0.6) is 0 Å². The quantitative estimate of drug-likeness (QED) is 0.187. The zero-order chi connectivity index (χ0) is 21.2. The lowest BCUT2D eigenvalue weighted by molar-refractivity contribution is -0.139. The van der Waals surface area contributed by atoms with Crippen LogP contribution in [0.2, 0.25) is 0 Å². The summed E-state index contributed by atoms with van der Waals surface area (Å²) in [5.41, 5.74) is -0.561. The molecule has 0 spiro atoms. The van der Waals surface area contributed by atoms with Gasteiger partial charge < -0.3 is 9.47 Å². The maximum Gasteiger partial charge on any atom is 0.331 e. The van der Waals surface area contributed by atoms with Gasteiger partial charge in [-0.3, -0.25) is 0 Å². The predicted octanol–water partition coefficient (Wildman–Crippen LogP) is 6.17. The molecule has 0 aliphatic heterocycles. The van der Waals surface area contributed by atoms with Crippen molar-refractivity contribution in [1.29, 1.82) is 0 Å². The Hall–Kier alpha value is -2.09. The third-order valence-electron chi connectivity index (χ3n) is 3.38. The summed E-state index contributed by atoms with van der Waals surface area (Å²) in [7, 11) is 0. The molecule has 4 nitrogen and oxygen atoms in total. The predicted molar refractivity (Wildman–Crippen MR) is 120 cm³/mol. The first-order valence-electron chi connectivity index (χ1n) is 8.77. The van der Waals surface area contributed by atoms with Crippen LogP contribution >= 0.6 is 35.3 Å². The van der Waals surface area contributed by atoms with Crippen molar-refractivity contribution in [1.82, 2.24) is 0 Å². The van der Waals surface area contributed by atoms with Gasteiger partial charge in [0.1, 0.15) is 10.9 Å². The molecule has 0 radical (unpaired) electrons. The number of ether oxygens (including phenoxy) is 2. The Morgan fingerprint density at radius 1 is 0.724 bits per heavy atom. The first kappa shape index (κ1) is 23.2. The standard InChI is InChI=1S/C22H22O4S3/c1-5-21(23)25-15(3)27-17-7-11-19(12-8-17)29-20-13-9-18(10-14-20)28-16(4)26-22(24)6-2/h5-16H,1-2H2,3-4H3. The Kier molecular flexibility index (Phi) is 9.44. The van der Waals surface area contributed by atoms with Crippen LogP contribution in [0.3, 0.4) is 0 Å². The van der Waals surface area contributed by atoms with Crippen molar-refractivity contribution in [3.05, 3.63) is 73.8 Å². The van der Waals surface area contributed by atoms with Gasteiger partial charge in [0, 0.05) is 31.7 Å². The van der Waals surface area contributed by atoms with E-state index in [9.17, 15) is 9.59 Å². The lowest BCUT2D eigenvalue weighted by Crippen LogP contribution is -2.08. The van der Waals surface area contributed by atoms with Gasteiger partial charge in [0.25, 0.3) is 0 Å². The van der Waals surface area contributed by atoms with E-state index in [2.05, 4.69) is 13.2 Å². The Morgan fingerprint density at radius 3 is 1.34 bits per heavy atom. The zero-order valence-corrected chi connectivity index (χ0v) is 18.6. The molecule has 0 heterocycles. The summed E-state index contributed by atoms with van der Waals surface area (Å²) >= 11 is 4.60. The van der Waals surface area contributed by atoms with E-state index in [0.29, 0.717) is 0 Å². The van der Waals surface area contributed by atoms with E-state index in [4.69, 9.17) is 9.47 Å². The molecule has 2 atom stereocenters. The fraction of sp³-hybridized carbons (Fsp3) is 0.182. The molecule has 2 unspecified atom stereocenters. The number of thioether (sulfide) groups is 2. The van der Waals surface area contributed by atoms with Gasteiger partial charge >= 0.3 is 11.9 Å². The molecule has 0 amide bonds. The van der Waals surface area contributed by atoms with Crippen LogP contribution < -0.4 is 0 Å². The Morgan fingerprint density at radius 2 is 1.03 bits per heavy atom. The normalized spacial score (nSPS) is 12.5. The second kappa shape index (κ2) is 11.8. The summed E-state index contributed by atoms with van der Waals surface area (Å²) in [4.78, 5) is 26.7. The van der Waals surface area contributed by atoms with Crippen molar-refractivity contribution in [3.8, 4) is 0 Å². The van der Waals surface area contributed by atoms with E-state index in [0.717, 1.165) is 31.7 Å². The highest BCUT2D eigenvalue weighted by molar-refractivity contribution is 8.00. The Balaban J connectivity index is 1.88. The Labute approximate surface area is 184 Å². The number of hydrogen-bond donors (Lipinski definition) is 0. The third kappa shape index (κ3) is 8.43. The monoisotopic (exact) mass is 446 g/mol. The van der Waals surface area contributed by atoms with Crippen LogP contribution in [0.15, 0.2) is 93.4 Å². The number of benzene rings is 2. The van der Waals surface area contributed by atoms with Gasteiger partial charge in [-0.1, -0.05) is 48.4 Å². The van der Waals surface area contributed by atoms with E-state index in [-0.39, 0.29) is 10.9 Å². The molecular formula is C22H22O4S3. The van der Waals surface area contributed by atoms with Crippen molar-refractivity contribution in [3.63, 3.8) is 0 Å². The van der Waals surface area contributed by atoms with Crippen LogP contribution in [-0.2, 0) is 19.1 Å². The Bertz CT molecular complexity index is 776. The van der Waals surface area contributed by atoms with Crippen molar-refractivity contribution in [2.75, 3.05) is 0 Å². The first-order chi connectivity index (χ1) is 13.9. The lowest BCUT2D eigenvalue weighted by Gasteiger charge is -2.12. The summed E-state index contributed by atoms with van der Waals surface area (Å²) in [6.45, 7) is 10.4. The maximum absolute atomic E-state index is 11.2. The minimum absolute atomic E-state index is 0.280. The van der Waals surface area contributed by atoms with Crippen molar-refractivity contribution < 1.29 is 19.1 Å². The van der Waals surface area contributed by atoms with Crippen LogP contribution in [-0.4, -0.2) is 22.8 Å². The summed E-state index contributed by atoms with van der Waals surface area (Å²) in [5.74, 6) is -0.848. The van der Waals surface area contributed by atoms with E-state index in [1.807, 2.05) is 62.4 Å². The molecule has 2 rings (SSSR count). The number of carbonyl (C=O) groups is 2. The minimum Gasteiger partial charge on any atom is -0.448 e. The molecule has 29 heavy (non-hydrogen) atoms. The maximum atomic E-state index is 11.2. The molecule has 0 saturated carbocycles. The van der Waals surface area contributed by atoms with Crippen molar-refractivity contribution >= 4 is 47.2 Å². The molecule has 0 N–H and O–H groups in total. The van der Waals surface area contributed by atoms with Crippen LogP contribution in [0.1, 0.15) is 13.8 Å². The molecule has 152 valence electrons. The van der Waals surface area contributed by atoms with E-state index >= 15 is 0 Å². The smallest absolute Gasteiger partial charge is 0.331 e. The minimum atomic E-state index is -0.424. The molecule has 2 aromatic rings. The van der Waals surface area contributed by atoms with E-state index in [1.54, 1.807) is 11.8 Å². The fourth-order valence-electron chi connectivity index (χ4n) is 2.16. The summed E-state index contributed by atoms with van der Waals surface area (Å²) in [6.07, 6.45) is 2.32. The first-order valence-corrected chi connectivity index (χ1v) is 11.3. The number of rotatable bonds is 10. The molecule has 0 aliphatic rings. The second-order valence-corrected chi connectivity index (χ2v) is 9.59. The third-order valence-corrected chi connectivity index (χ3v) is 6.35. The zero-order valence-electron chi connectivity index (χ0n) is 16.2. The number of hydrogen-bond acceptors (Lipinski definition) is 7. The molecular weight excluding hydrogens is 424 g/mol. The van der Waals surface area contributed by atoms with Gasteiger partial charge in [0.2, 0.25) is 0 Å². The molecule has 0 aromatic heterocycles. The van der Waals surface area contributed by atoms with Gasteiger partial charge in [-0.2, -0.15) is 0 Å². The summed E-state index contributed by atoms with van der Waals surface area (Å²) in [6, 6.07) is 16.2. The van der Waals surface area contributed by atoms with Crippen LogP contribution in [0.4, 0.5) is 0 Å². The highest BCUT2D eigenvalue weighted by Gasteiger charge is 2.10. The van der Waals surface area contributed by atoms with Crippen molar-refractivity contribution in [2.45, 2.75) is 44.3 Å². The van der Waals surface area contributed by atoms with Gasteiger partial charge in [-0.05, 0) is 62.4 Å². The molecule has 0 fully saturated rings. The lowest BCUT2D eigenvalue weighted by atomic mass is 10.4.